The van der Waals surface area contributed by atoms with Crippen LogP contribution in [0.15, 0.2) is 65.1 Å². The van der Waals surface area contributed by atoms with Crippen LogP contribution in [0.3, 0.4) is 0 Å². The maximum absolute atomic E-state index is 11.4. The summed E-state index contributed by atoms with van der Waals surface area (Å²) in [6.45, 7) is 7.00. The molecule has 1 aromatic heterocycles. The molecule has 0 aliphatic rings. The third-order valence-electron chi connectivity index (χ3n) is 5.96. The number of benzene rings is 3. The van der Waals surface area contributed by atoms with E-state index in [-0.39, 0.29) is 18.4 Å². The molecule has 0 spiro atoms. The molecule has 0 radical (unpaired) electrons. The lowest BCUT2D eigenvalue weighted by molar-refractivity contribution is -0.136. The summed E-state index contributed by atoms with van der Waals surface area (Å²) in [6.07, 6.45) is -0.140. The number of nitrogens with two attached hydrogens (primary N) is 1. The lowest BCUT2D eigenvalue weighted by atomic mass is 9.89. The number of hydrogen-bond acceptors (Lipinski definition) is 5. The Kier molecular flexibility index (Phi) is 6.85. The summed E-state index contributed by atoms with van der Waals surface area (Å²) in [4.78, 5) is 11.4. The Balaban J connectivity index is 1.78. The molecule has 0 bridgehead atoms. The molecular weight excluding hydrogens is 442 g/mol. The molecule has 0 aliphatic heterocycles. The fourth-order valence-electron chi connectivity index (χ4n) is 4.21. The van der Waals surface area contributed by atoms with Crippen LogP contribution in [0, 0.1) is 0 Å². The van der Waals surface area contributed by atoms with Crippen molar-refractivity contribution in [2.24, 2.45) is 5.73 Å². The number of ether oxygens (including phenoxy) is 2. The quantitative estimate of drug-likeness (QED) is 0.322. The van der Waals surface area contributed by atoms with Crippen molar-refractivity contribution in [2.75, 3.05) is 7.11 Å². The first-order valence-electron chi connectivity index (χ1n) is 11.6. The molecule has 3 aromatic carbocycles. The minimum Gasteiger partial charge on any atom is -0.497 e. The molecule has 0 unspecified atom stereocenters. The first-order valence-corrected chi connectivity index (χ1v) is 11.6. The second kappa shape index (κ2) is 9.84. The molecule has 0 fully saturated rings. The molecule has 4 aromatic rings. The number of methoxy groups -OCH3 is 1. The van der Waals surface area contributed by atoms with Gasteiger partial charge in [0.15, 0.2) is 0 Å². The summed E-state index contributed by atoms with van der Waals surface area (Å²) in [7, 11) is 1.57. The van der Waals surface area contributed by atoms with E-state index in [1.807, 2.05) is 24.3 Å². The molecule has 6 heteroatoms. The van der Waals surface area contributed by atoms with Crippen LogP contribution >= 0.6 is 0 Å². The summed E-state index contributed by atoms with van der Waals surface area (Å²) < 4.78 is 17.9. The van der Waals surface area contributed by atoms with E-state index in [0.29, 0.717) is 23.6 Å². The SMILES string of the molecule is COc1ccc(CC(=O)O)c(OCc2c(C(C)(C)C)oc3ccc(-c4cccc(CN)c4)cc23)c1. The molecule has 182 valence electrons. The minimum atomic E-state index is -0.923. The average molecular weight is 474 g/mol. The number of fused-ring (bicyclic) bond motifs is 1. The van der Waals surface area contributed by atoms with Gasteiger partial charge in [0.2, 0.25) is 0 Å². The van der Waals surface area contributed by atoms with Crippen molar-refractivity contribution in [1.82, 2.24) is 0 Å². The highest BCUT2D eigenvalue weighted by Crippen LogP contribution is 2.38. The average Bonchev–Trinajstić information content (AvgIpc) is 3.21. The van der Waals surface area contributed by atoms with Crippen LogP contribution in [0.2, 0.25) is 0 Å². The second-order valence-electron chi connectivity index (χ2n) is 9.61. The van der Waals surface area contributed by atoms with Gasteiger partial charge in [0, 0.05) is 34.5 Å². The van der Waals surface area contributed by atoms with Crippen molar-refractivity contribution in [3.63, 3.8) is 0 Å². The largest absolute Gasteiger partial charge is 0.497 e. The molecule has 4 rings (SSSR count). The van der Waals surface area contributed by atoms with Crippen LogP contribution in [0.4, 0.5) is 0 Å². The van der Waals surface area contributed by atoms with E-state index in [0.717, 1.165) is 39.0 Å². The van der Waals surface area contributed by atoms with Gasteiger partial charge in [0.05, 0.1) is 13.5 Å². The zero-order chi connectivity index (χ0) is 25.2. The molecule has 6 nitrogen and oxygen atoms in total. The highest BCUT2D eigenvalue weighted by atomic mass is 16.5. The molecule has 3 N–H and O–H groups in total. The van der Waals surface area contributed by atoms with Gasteiger partial charge in [-0.05, 0) is 41.0 Å². The number of carboxylic acid groups (broad SMARTS) is 1. The number of aliphatic carboxylic acids is 1. The molecular formula is C29H31NO5. The van der Waals surface area contributed by atoms with Crippen molar-refractivity contribution in [2.45, 2.75) is 45.8 Å². The summed E-state index contributed by atoms with van der Waals surface area (Å²) in [5, 5.41) is 10.3. The third kappa shape index (κ3) is 5.33. The van der Waals surface area contributed by atoms with Crippen LogP contribution in [-0.4, -0.2) is 18.2 Å². The van der Waals surface area contributed by atoms with Gasteiger partial charge in [0.25, 0.3) is 0 Å². The normalized spacial score (nSPS) is 11.6. The standard InChI is InChI=1S/C29H31NO5/c1-29(2,3)28-24(17-34-26-15-22(33-4)10-8-21(26)14-27(31)32)23-13-20(9-11-25(23)35-28)19-7-5-6-18(12-19)16-30/h5-13,15H,14,16-17,30H2,1-4H3,(H,31,32). The van der Waals surface area contributed by atoms with Gasteiger partial charge in [-0.15, -0.1) is 0 Å². The molecule has 0 saturated heterocycles. The van der Waals surface area contributed by atoms with Crippen molar-refractivity contribution < 1.29 is 23.8 Å². The van der Waals surface area contributed by atoms with Crippen LogP contribution in [0.5, 0.6) is 11.5 Å². The lowest BCUT2D eigenvalue weighted by Crippen LogP contribution is -2.14. The Bertz CT molecular complexity index is 1360. The van der Waals surface area contributed by atoms with Crippen molar-refractivity contribution >= 4 is 16.9 Å². The molecule has 0 atom stereocenters. The first kappa shape index (κ1) is 24.4. The maximum atomic E-state index is 11.4. The Hall–Kier alpha value is -3.77. The Morgan fingerprint density at radius 3 is 2.49 bits per heavy atom. The minimum absolute atomic E-state index is 0.140. The maximum Gasteiger partial charge on any atom is 0.307 e. The number of carbonyl (C=O) groups is 1. The Morgan fingerprint density at radius 1 is 1.03 bits per heavy atom. The lowest BCUT2D eigenvalue weighted by Gasteiger charge is -2.18. The van der Waals surface area contributed by atoms with Crippen molar-refractivity contribution in [3.8, 4) is 22.6 Å². The number of furan rings is 1. The first-order chi connectivity index (χ1) is 16.7. The van der Waals surface area contributed by atoms with Gasteiger partial charge in [-0.2, -0.15) is 0 Å². The Labute approximate surface area is 205 Å². The Morgan fingerprint density at radius 2 is 1.80 bits per heavy atom. The monoisotopic (exact) mass is 473 g/mol. The highest BCUT2D eigenvalue weighted by molar-refractivity contribution is 5.87. The summed E-state index contributed by atoms with van der Waals surface area (Å²) in [5.41, 5.74) is 11.1. The molecule has 1 heterocycles. The van der Waals surface area contributed by atoms with Crippen molar-refractivity contribution in [3.05, 3.63) is 83.1 Å². The van der Waals surface area contributed by atoms with E-state index < -0.39 is 5.97 Å². The smallest absolute Gasteiger partial charge is 0.307 e. The number of rotatable bonds is 8. The fourth-order valence-corrected chi connectivity index (χ4v) is 4.21. The topological polar surface area (TPSA) is 94.9 Å². The van der Waals surface area contributed by atoms with E-state index in [1.54, 1.807) is 25.3 Å². The fraction of sp³-hybridized carbons (Fsp3) is 0.276. The van der Waals surface area contributed by atoms with Crippen LogP contribution in [0.25, 0.3) is 22.1 Å². The van der Waals surface area contributed by atoms with E-state index in [2.05, 4.69) is 39.0 Å². The van der Waals surface area contributed by atoms with Crippen molar-refractivity contribution in [1.29, 1.82) is 0 Å². The van der Waals surface area contributed by atoms with Gasteiger partial charge in [-0.1, -0.05) is 51.1 Å². The van der Waals surface area contributed by atoms with E-state index >= 15 is 0 Å². The third-order valence-corrected chi connectivity index (χ3v) is 5.96. The molecule has 35 heavy (non-hydrogen) atoms. The van der Waals surface area contributed by atoms with Gasteiger partial charge < -0.3 is 24.7 Å². The number of carboxylic acids is 1. The van der Waals surface area contributed by atoms with Crippen LogP contribution in [-0.2, 0) is 29.8 Å². The molecule has 0 amide bonds. The number of hydrogen-bond donors (Lipinski definition) is 2. The molecule has 0 aliphatic carbocycles. The van der Waals surface area contributed by atoms with Gasteiger partial charge in [0.1, 0.15) is 29.4 Å². The second-order valence-corrected chi connectivity index (χ2v) is 9.61. The van der Waals surface area contributed by atoms with E-state index in [9.17, 15) is 9.90 Å². The van der Waals surface area contributed by atoms with Crippen LogP contribution in [0.1, 0.15) is 43.2 Å². The van der Waals surface area contributed by atoms with Gasteiger partial charge >= 0.3 is 5.97 Å². The van der Waals surface area contributed by atoms with E-state index in [1.165, 1.54) is 0 Å². The van der Waals surface area contributed by atoms with Gasteiger partial charge in [-0.3, -0.25) is 4.79 Å². The van der Waals surface area contributed by atoms with Gasteiger partial charge in [-0.25, -0.2) is 0 Å². The van der Waals surface area contributed by atoms with E-state index in [4.69, 9.17) is 19.6 Å². The zero-order valence-corrected chi connectivity index (χ0v) is 20.6. The predicted octanol–water partition coefficient (Wildman–Crippen LogP) is 6.07. The highest BCUT2D eigenvalue weighted by Gasteiger charge is 2.26. The zero-order valence-electron chi connectivity index (χ0n) is 20.6. The predicted molar refractivity (Wildman–Crippen MR) is 137 cm³/mol. The molecule has 0 saturated carbocycles. The van der Waals surface area contributed by atoms with Crippen LogP contribution < -0.4 is 15.2 Å². The summed E-state index contributed by atoms with van der Waals surface area (Å²) >= 11 is 0. The summed E-state index contributed by atoms with van der Waals surface area (Å²) in [6, 6.07) is 19.5. The summed E-state index contributed by atoms with van der Waals surface area (Å²) in [5.74, 6) is 0.994.